The molecular formula is C14H11N6+. The van der Waals surface area contributed by atoms with E-state index in [1.54, 1.807) is 6.20 Å². The lowest BCUT2D eigenvalue weighted by Gasteiger charge is -1.95. The Morgan fingerprint density at radius 1 is 1.20 bits per heavy atom. The fraction of sp³-hybridized carbons (Fsp3) is 0.143. The van der Waals surface area contributed by atoms with Crippen LogP contribution in [0.1, 0.15) is 5.56 Å². The van der Waals surface area contributed by atoms with Gasteiger partial charge in [0.25, 0.3) is 11.5 Å². The Hall–Kier alpha value is -2.76. The number of hydrogen-bond donors (Lipinski definition) is 0. The minimum atomic E-state index is 0.819. The standard InChI is InChI=1S/C14H11N6/c1-18-13-11-9(4-2-6-15-11)8-19(13)12-14(18)20-10(17-12)5-3-7-16-20/h2-7H,8H2,1H3/q+1. The summed E-state index contributed by atoms with van der Waals surface area (Å²) in [5.74, 6) is 1.10. The van der Waals surface area contributed by atoms with Crippen LogP contribution in [-0.2, 0) is 13.6 Å². The molecule has 5 heterocycles. The summed E-state index contributed by atoms with van der Waals surface area (Å²) < 4.78 is 6.21. The fourth-order valence-electron chi connectivity index (χ4n) is 3.09. The topological polar surface area (TPSA) is 51.9 Å². The number of rotatable bonds is 0. The smallest absolute Gasteiger partial charge is 0.249 e. The highest BCUT2D eigenvalue weighted by Crippen LogP contribution is 2.31. The molecule has 0 radical (unpaired) electrons. The maximum atomic E-state index is 4.71. The quantitative estimate of drug-likeness (QED) is 0.391. The van der Waals surface area contributed by atoms with Gasteiger partial charge in [0.1, 0.15) is 5.69 Å². The molecule has 6 heteroatoms. The summed E-state index contributed by atoms with van der Waals surface area (Å²) in [6.45, 7) is 0.819. The van der Waals surface area contributed by atoms with Crippen LogP contribution < -0.4 is 4.57 Å². The molecule has 0 amide bonds. The Labute approximate surface area is 113 Å². The molecule has 0 spiro atoms. The SMILES string of the molecule is C[n+]1c2n(c3nc4cccnn4c31)Cc1cccnc1-2. The molecule has 1 aliphatic heterocycles. The predicted octanol–water partition coefficient (Wildman–Crippen LogP) is 0.932. The van der Waals surface area contributed by atoms with Crippen molar-refractivity contribution >= 4 is 16.9 Å². The Balaban J connectivity index is 1.98. The first kappa shape index (κ1) is 10.1. The summed E-state index contributed by atoms with van der Waals surface area (Å²) in [6.07, 6.45) is 3.62. The van der Waals surface area contributed by atoms with Crippen LogP contribution in [0.5, 0.6) is 0 Å². The summed E-state index contributed by atoms with van der Waals surface area (Å²) in [4.78, 5) is 9.22. The maximum absolute atomic E-state index is 4.71. The van der Waals surface area contributed by atoms with Gasteiger partial charge < -0.3 is 0 Å². The van der Waals surface area contributed by atoms with E-state index in [1.807, 2.05) is 36.0 Å². The number of aryl methyl sites for hydroxylation is 1. The van der Waals surface area contributed by atoms with E-state index in [1.165, 1.54) is 5.56 Å². The molecule has 0 unspecified atom stereocenters. The minimum absolute atomic E-state index is 0.819. The second-order valence-electron chi connectivity index (χ2n) is 5.03. The van der Waals surface area contributed by atoms with Crippen molar-refractivity contribution in [1.29, 1.82) is 0 Å². The molecule has 0 bridgehead atoms. The van der Waals surface area contributed by atoms with Crippen molar-refractivity contribution in [3.05, 3.63) is 42.2 Å². The van der Waals surface area contributed by atoms with Gasteiger partial charge >= 0.3 is 5.65 Å². The molecule has 6 nitrogen and oxygen atoms in total. The van der Waals surface area contributed by atoms with Crippen molar-refractivity contribution in [3.8, 4) is 11.5 Å². The van der Waals surface area contributed by atoms with Gasteiger partial charge in [0, 0.05) is 17.8 Å². The molecule has 20 heavy (non-hydrogen) atoms. The predicted molar refractivity (Wildman–Crippen MR) is 72.0 cm³/mol. The molecule has 0 saturated heterocycles. The van der Waals surface area contributed by atoms with Crippen molar-refractivity contribution < 1.29 is 4.57 Å². The zero-order valence-corrected chi connectivity index (χ0v) is 10.9. The molecular weight excluding hydrogens is 252 g/mol. The van der Waals surface area contributed by atoms with Gasteiger partial charge in [-0.15, -0.1) is 9.61 Å². The summed E-state index contributed by atoms with van der Waals surface area (Å²) in [6, 6.07) is 7.98. The maximum Gasteiger partial charge on any atom is 0.314 e. The number of fused-ring (bicyclic) bond motifs is 7. The first-order valence-electron chi connectivity index (χ1n) is 6.51. The van der Waals surface area contributed by atoms with Crippen LogP contribution in [-0.4, -0.2) is 24.1 Å². The highest BCUT2D eigenvalue weighted by atomic mass is 15.4. The van der Waals surface area contributed by atoms with Crippen LogP contribution in [0.3, 0.4) is 0 Å². The van der Waals surface area contributed by atoms with Crippen molar-refractivity contribution in [1.82, 2.24) is 24.1 Å². The number of imidazole rings is 2. The third-order valence-electron chi connectivity index (χ3n) is 3.93. The van der Waals surface area contributed by atoms with Gasteiger partial charge in [0.15, 0.2) is 0 Å². The summed E-state index contributed by atoms with van der Waals surface area (Å²) in [7, 11) is 2.04. The Morgan fingerprint density at radius 3 is 3.05 bits per heavy atom. The van der Waals surface area contributed by atoms with Gasteiger partial charge in [0.05, 0.1) is 19.8 Å². The number of aromatic nitrogens is 6. The monoisotopic (exact) mass is 263 g/mol. The third-order valence-corrected chi connectivity index (χ3v) is 3.93. The van der Waals surface area contributed by atoms with Crippen LogP contribution in [0.25, 0.3) is 28.5 Å². The lowest BCUT2D eigenvalue weighted by molar-refractivity contribution is -0.636. The van der Waals surface area contributed by atoms with E-state index in [4.69, 9.17) is 4.98 Å². The zero-order chi connectivity index (χ0) is 13.3. The van der Waals surface area contributed by atoms with Gasteiger partial charge in [-0.25, -0.2) is 14.1 Å². The molecule has 4 aromatic rings. The van der Waals surface area contributed by atoms with Crippen molar-refractivity contribution in [2.75, 3.05) is 0 Å². The highest BCUT2D eigenvalue weighted by Gasteiger charge is 2.34. The van der Waals surface area contributed by atoms with Crippen LogP contribution >= 0.6 is 0 Å². The van der Waals surface area contributed by atoms with Crippen LogP contribution in [0.15, 0.2) is 36.7 Å². The third kappa shape index (κ3) is 1.01. The first-order valence-corrected chi connectivity index (χ1v) is 6.51. The molecule has 5 rings (SSSR count). The summed E-state index contributed by atoms with van der Waals surface area (Å²) in [5.41, 5.74) is 5.11. The van der Waals surface area contributed by atoms with Crippen molar-refractivity contribution in [2.24, 2.45) is 7.05 Å². The number of nitrogens with zero attached hydrogens (tertiary/aromatic N) is 6. The average molecular weight is 263 g/mol. The number of pyridine rings is 1. The van der Waals surface area contributed by atoms with Crippen molar-refractivity contribution in [3.63, 3.8) is 0 Å². The highest BCUT2D eigenvalue weighted by molar-refractivity contribution is 5.76. The van der Waals surface area contributed by atoms with Crippen molar-refractivity contribution in [2.45, 2.75) is 6.54 Å². The zero-order valence-electron chi connectivity index (χ0n) is 10.9. The average Bonchev–Trinajstić information content (AvgIpc) is 3.10. The summed E-state index contributed by atoms with van der Waals surface area (Å²) >= 11 is 0. The van der Waals surface area contributed by atoms with Gasteiger partial charge in [0.2, 0.25) is 5.65 Å². The fourth-order valence-corrected chi connectivity index (χ4v) is 3.09. The molecule has 0 saturated carbocycles. The van der Waals surface area contributed by atoms with Gasteiger partial charge in [-0.05, 0) is 12.1 Å². The Kier molecular flexibility index (Phi) is 1.62. The van der Waals surface area contributed by atoms with Gasteiger partial charge in [-0.2, -0.15) is 4.98 Å². The molecule has 0 fully saturated rings. The number of hydrogen-bond acceptors (Lipinski definition) is 3. The largest absolute Gasteiger partial charge is 0.314 e. The van der Waals surface area contributed by atoms with E-state index < -0.39 is 0 Å². The second-order valence-corrected chi connectivity index (χ2v) is 5.03. The van der Waals surface area contributed by atoms with Gasteiger partial charge in [-0.3, -0.25) is 0 Å². The molecule has 0 aromatic carbocycles. The van der Waals surface area contributed by atoms with Crippen LogP contribution in [0.2, 0.25) is 0 Å². The van der Waals surface area contributed by atoms with Gasteiger partial charge in [-0.1, -0.05) is 6.07 Å². The normalized spacial score (nSPS) is 13.1. The minimum Gasteiger partial charge on any atom is -0.249 e. The lowest BCUT2D eigenvalue weighted by Crippen LogP contribution is -2.31. The summed E-state index contributed by atoms with van der Waals surface area (Å²) in [5, 5.41) is 4.40. The van der Waals surface area contributed by atoms with E-state index >= 15 is 0 Å². The van der Waals surface area contributed by atoms with Crippen LogP contribution in [0, 0.1) is 0 Å². The van der Waals surface area contributed by atoms with E-state index in [0.717, 1.165) is 35.0 Å². The molecule has 1 aliphatic rings. The lowest BCUT2D eigenvalue weighted by atomic mass is 10.2. The Bertz CT molecular complexity index is 994. The molecule has 96 valence electrons. The molecule has 0 atom stereocenters. The van der Waals surface area contributed by atoms with E-state index in [0.29, 0.717) is 0 Å². The Morgan fingerprint density at radius 2 is 2.10 bits per heavy atom. The van der Waals surface area contributed by atoms with Crippen LogP contribution in [0.4, 0.5) is 0 Å². The van der Waals surface area contributed by atoms with E-state index in [-0.39, 0.29) is 0 Å². The first-order chi connectivity index (χ1) is 9.84. The van der Waals surface area contributed by atoms with E-state index in [2.05, 4.69) is 25.3 Å². The molecule has 4 aromatic heterocycles. The molecule has 0 N–H and O–H groups in total. The molecule has 0 aliphatic carbocycles. The second kappa shape index (κ2) is 3.22. The van der Waals surface area contributed by atoms with E-state index in [9.17, 15) is 0 Å².